The maximum Gasteiger partial charge on any atom is 0.251 e. The number of carbonyl (C=O) groups is 3. The number of nitrogens with one attached hydrogen (secondary N) is 5. The highest BCUT2D eigenvalue weighted by Crippen LogP contribution is 2.14. The summed E-state index contributed by atoms with van der Waals surface area (Å²) in [6.45, 7) is 7.92. The predicted octanol–water partition coefficient (Wildman–Crippen LogP) is 4.43. The molecule has 0 aromatic rings. The Morgan fingerprint density at radius 3 is 1.43 bits per heavy atom. The maximum absolute atomic E-state index is 13.3. The van der Waals surface area contributed by atoms with Crippen LogP contribution in [-0.4, -0.2) is 133 Å². The molecule has 5 atom stereocenters. The minimum atomic E-state index is -1.91. The van der Waals surface area contributed by atoms with Crippen LogP contribution in [0.4, 0.5) is 0 Å². The van der Waals surface area contributed by atoms with Gasteiger partial charge >= 0.3 is 0 Å². The Morgan fingerprint density at radius 2 is 0.937 bits per heavy atom. The summed E-state index contributed by atoms with van der Waals surface area (Å²) in [5, 5.41) is 63.6. The van der Waals surface area contributed by atoms with E-state index >= 15 is 0 Å². The van der Waals surface area contributed by atoms with Gasteiger partial charge < -0.3 is 63.6 Å². The third-order valence-corrected chi connectivity index (χ3v) is 11.7. The number of amides is 3. The Balaban J connectivity index is 0. The topological polar surface area (TPSA) is 265 Å². The van der Waals surface area contributed by atoms with E-state index in [2.05, 4.69) is 33.5 Å². The smallest absolute Gasteiger partial charge is 0.251 e. The summed E-state index contributed by atoms with van der Waals surface area (Å²) in [5.41, 5.74) is 11.3. The normalized spacial score (nSPS) is 13.9. The molecule has 1 unspecified atom stereocenters. The van der Waals surface area contributed by atoms with E-state index in [0.717, 1.165) is 148 Å². The molecule has 0 aliphatic carbocycles. The van der Waals surface area contributed by atoms with E-state index in [9.17, 15) is 34.8 Å². The lowest BCUT2D eigenvalue weighted by Gasteiger charge is -2.24. The van der Waals surface area contributed by atoms with Crippen LogP contribution >= 0.6 is 0 Å². The molecule has 376 valence electrons. The van der Waals surface area contributed by atoms with Crippen LogP contribution in [0.15, 0.2) is 0 Å². The van der Waals surface area contributed by atoms with E-state index in [0.29, 0.717) is 38.3 Å². The minimum absolute atomic E-state index is 0. The van der Waals surface area contributed by atoms with Gasteiger partial charge in [0.1, 0.15) is 24.4 Å². The van der Waals surface area contributed by atoms with Crippen LogP contribution in [-0.2, 0) is 14.4 Å². The molecular weight excluding hydrogens is 803 g/mol. The van der Waals surface area contributed by atoms with Gasteiger partial charge in [0.15, 0.2) is 6.10 Å². The Bertz CT molecular complexity index is 1020. The molecule has 0 aliphatic rings. The lowest BCUT2D eigenvalue weighted by Crippen LogP contribution is -2.51. The Labute approximate surface area is 384 Å². The monoisotopic (exact) mass is 904 g/mol. The molecule has 0 heterocycles. The zero-order chi connectivity index (χ0) is 45.9. The van der Waals surface area contributed by atoms with E-state index in [-0.39, 0.29) is 19.2 Å². The summed E-state index contributed by atoms with van der Waals surface area (Å²) in [5.74, 6) is -0.353. The van der Waals surface area contributed by atoms with E-state index in [1.165, 1.54) is 51.4 Å². The molecule has 0 radical (unpaired) electrons. The van der Waals surface area contributed by atoms with Crippen LogP contribution in [0.5, 0.6) is 0 Å². The molecule has 0 aliphatic heterocycles. The number of carbonyl (C=O) groups excluding carboxylic acids is 3. The Hall–Kier alpha value is -1.95. The first-order chi connectivity index (χ1) is 30.1. The molecule has 0 aromatic heterocycles. The van der Waals surface area contributed by atoms with Gasteiger partial charge in [-0.15, -0.1) is 0 Å². The average Bonchev–Trinajstić information content (AvgIpc) is 3.27. The Kier molecular flexibility index (Phi) is 46.7. The molecule has 15 heteroatoms. The van der Waals surface area contributed by atoms with Crippen LogP contribution in [0, 0.1) is 5.92 Å². The third-order valence-electron chi connectivity index (χ3n) is 11.7. The summed E-state index contributed by atoms with van der Waals surface area (Å²) in [7, 11) is 0. The number of unbranched alkanes of at least 4 members (excludes halogenated alkanes) is 20. The van der Waals surface area contributed by atoms with Crippen molar-refractivity contribution in [3.8, 4) is 0 Å². The third kappa shape index (κ3) is 37.9. The predicted molar refractivity (Wildman–Crippen MR) is 258 cm³/mol. The Morgan fingerprint density at radius 1 is 0.508 bits per heavy atom. The molecular formula is C48H101N7O8. The van der Waals surface area contributed by atoms with Crippen molar-refractivity contribution >= 4 is 17.7 Å². The fourth-order valence-electron chi connectivity index (χ4n) is 7.58. The fourth-order valence-corrected chi connectivity index (χ4v) is 7.58. The highest BCUT2D eigenvalue weighted by Gasteiger charge is 2.34. The first-order valence-corrected chi connectivity index (χ1v) is 25.1. The first-order valence-electron chi connectivity index (χ1n) is 25.1. The second-order valence-electron chi connectivity index (χ2n) is 17.5. The van der Waals surface area contributed by atoms with Gasteiger partial charge in [-0.05, 0) is 103 Å². The SMILES string of the molecule is C.CCCCCCCCCCC(NC(=O)CCCCCCCCCCCNC(=O)[C@H](O)[C@@H](O)[C@H](O)[C@H](O)CO)C(=O)NCCCCCCC(CNCCCCN)CNCCCCN. The van der Waals surface area contributed by atoms with Gasteiger partial charge in [0.05, 0.1) is 6.61 Å². The zero-order valence-corrected chi connectivity index (χ0v) is 39.2. The van der Waals surface area contributed by atoms with E-state index in [1.807, 2.05) is 0 Å². The van der Waals surface area contributed by atoms with Gasteiger partial charge in [0.25, 0.3) is 5.91 Å². The molecule has 3 amide bonds. The van der Waals surface area contributed by atoms with Crippen molar-refractivity contribution in [2.45, 2.75) is 225 Å². The molecule has 0 saturated carbocycles. The van der Waals surface area contributed by atoms with Crippen LogP contribution < -0.4 is 38.1 Å². The lowest BCUT2D eigenvalue weighted by molar-refractivity contribution is -0.148. The molecule has 0 rings (SSSR count). The van der Waals surface area contributed by atoms with Gasteiger partial charge in [0, 0.05) is 19.5 Å². The van der Waals surface area contributed by atoms with Crippen molar-refractivity contribution in [1.82, 2.24) is 26.6 Å². The van der Waals surface area contributed by atoms with E-state index in [1.54, 1.807) is 0 Å². The van der Waals surface area contributed by atoms with E-state index < -0.39 is 43.0 Å². The highest BCUT2D eigenvalue weighted by atomic mass is 16.4. The molecule has 14 N–H and O–H groups in total. The van der Waals surface area contributed by atoms with Crippen LogP contribution in [0.1, 0.15) is 194 Å². The van der Waals surface area contributed by atoms with Gasteiger partial charge in [-0.2, -0.15) is 0 Å². The number of rotatable bonds is 47. The summed E-state index contributed by atoms with van der Waals surface area (Å²) in [4.78, 5) is 38.3. The molecule has 0 bridgehead atoms. The molecule has 0 spiro atoms. The molecule has 0 fully saturated rings. The standard InChI is InChI=1S/C47H97N7O8.CH4/c1-2-3-4-5-6-10-13-19-28-40(46(61)52-34-24-17-15-18-27-39(36-50-32-25-21-30-48)37-51-33-26-22-31-49)54-42(57)29-20-14-11-8-7-9-12-16-23-35-53-47(62)45(60)44(59)43(58)41(56)38-55;/h39-41,43-45,50-51,55-56,58-60H,2-38,48-49H2,1H3,(H,52,61)(H,53,62)(H,54,57);1H4/t40?,41-,43-,44+,45-;/m1./s1. The number of nitrogens with two attached hydrogens (primary N) is 2. The van der Waals surface area contributed by atoms with Gasteiger partial charge in [-0.25, -0.2) is 0 Å². The number of hydrogen-bond acceptors (Lipinski definition) is 12. The van der Waals surface area contributed by atoms with E-state index in [4.69, 9.17) is 16.6 Å². The average molecular weight is 904 g/mol. The van der Waals surface area contributed by atoms with Crippen molar-refractivity contribution in [3.05, 3.63) is 0 Å². The molecule has 0 aromatic carbocycles. The quantitative estimate of drug-likeness (QED) is 0.0379. The van der Waals surface area contributed by atoms with Crippen LogP contribution in [0.3, 0.4) is 0 Å². The molecule has 0 saturated heterocycles. The molecule has 63 heavy (non-hydrogen) atoms. The van der Waals surface area contributed by atoms with Crippen molar-refractivity contribution < 1.29 is 39.9 Å². The number of hydrogen-bond donors (Lipinski definition) is 12. The lowest BCUT2D eigenvalue weighted by atomic mass is 10.00. The van der Waals surface area contributed by atoms with Crippen molar-refractivity contribution in [1.29, 1.82) is 0 Å². The first kappa shape index (κ1) is 63.1. The van der Waals surface area contributed by atoms with Gasteiger partial charge in [-0.1, -0.05) is 130 Å². The highest BCUT2D eigenvalue weighted by molar-refractivity contribution is 5.87. The molecule has 15 nitrogen and oxygen atoms in total. The van der Waals surface area contributed by atoms with Gasteiger partial charge in [-0.3, -0.25) is 14.4 Å². The zero-order valence-electron chi connectivity index (χ0n) is 39.2. The van der Waals surface area contributed by atoms with Crippen LogP contribution in [0.2, 0.25) is 0 Å². The minimum Gasteiger partial charge on any atom is -0.394 e. The fraction of sp³-hybridized carbons (Fsp3) is 0.938. The largest absolute Gasteiger partial charge is 0.394 e. The number of aliphatic hydroxyl groups excluding tert-OH is 5. The van der Waals surface area contributed by atoms with Crippen molar-refractivity contribution in [2.75, 3.05) is 59.0 Å². The second kappa shape index (κ2) is 46.6. The van der Waals surface area contributed by atoms with Crippen molar-refractivity contribution in [2.24, 2.45) is 17.4 Å². The summed E-state index contributed by atoms with van der Waals surface area (Å²) < 4.78 is 0. The summed E-state index contributed by atoms with van der Waals surface area (Å²) in [6, 6.07) is -0.484. The number of aliphatic hydroxyl groups is 5. The maximum atomic E-state index is 13.3. The summed E-state index contributed by atoms with van der Waals surface area (Å²) >= 11 is 0. The van der Waals surface area contributed by atoms with Crippen molar-refractivity contribution in [3.63, 3.8) is 0 Å². The second-order valence-corrected chi connectivity index (χ2v) is 17.5. The van der Waals surface area contributed by atoms with Crippen LogP contribution in [0.25, 0.3) is 0 Å². The summed E-state index contributed by atoms with van der Waals surface area (Å²) in [6.07, 6.45) is 21.7. The van der Waals surface area contributed by atoms with Gasteiger partial charge in [0.2, 0.25) is 11.8 Å².